The van der Waals surface area contributed by atoms with Crippen molar-refractivity contribution in [3.63, 3.8) is 0 Å². The summed E-state index contributed by atoms with van der Waals surface area (Å²) in [5.74, 6) is -2.26. The van der Waals surface area contributed by atoms with Crippen LogP contribution >= 0.6 is 0 Å². The van der Waals surface area contributed by atoms with Crippen LogP contribution in [0.25, 0.3) is 0 Å². The highest BCUT2D eigenvalue weighted by atomic mass is 19.4. The Morgan fingerprint density at radius 2 is 1.28 bits per heavy atom. The number of halogens is 3. The molecule has 0 bridgehead atoms. The van der Waals surface area contributed by atoms with Crippen LogP contribution in [0.15, 0.2) is 12.2 Å². The lowest BCUT2D eigenvalue weighted by molar-refractivity contribution is -0.258. The zero-order chi connectivity index (χ0) is 19.2. The lowest BCUT2D eigenvalue weighted by Crippen LogP contribution is -2.51. The maximum atomic E-state index is 12.6. The molecule has 0 saturated heterocycles. The number of aliphatic hydroxyl groups is 1. The zero-order valence-electron chi connectivity index (χ0n) is 15.3. The predicted molar refractivity (Wildman–Crippen MR) is 93.5 cm³/mol. The first-order valence-corrected chi connectivity index (χ1v) is 9.43. The van der Waals surface area contributed by atoms with Gasteiger partial charge in [-0.1, -0.05) is 83.3 Å². The largest absolute Gasteiger partial charge is 0.479 e. The summed E-state index contributed by atoms with van der Waals surface area (Å²) >= 11 is 0. The van der Waals surface area contributed by atoms with Gasteiger partial charge in [-0.05, 0) is 12.8 Å². The number of hydrogen-bond donors (Lipinski definition) is 2. The second-order valence-corrected chi connectivity index (χ2v) is 6.66. The number of carbonyl (C=O) groups is 1. The number of unbranched alkanes of at least 4 members (excludes halogenated alkanes) is 11. The average molecular weight is 366 g/mol. The Bertz CT molecular complexity index is 381. The third kappa shape index (κ3) is 10.5. The Kier molecular flexibility index (Phi) is 12.7. The maximum absolute atomic E-state index is 12.6. The van der Waals surface area contributed by atoms with Crippen LogP contribution < -0.4 is 0 Å². The van der Waals surface area contributed by atoms with Crippen LogP contribution in [0.1, 0.15) is 90.4 Å². The molecule has 0 aliphatic carbocycles. The Morgan fingerprint density at radius 1 is 0.840 bits per heavy atom. The molecule has 3 nitrogen and oxygen atoms in total. The number of hydrogen-bond acceptors (Lipinski definition) is 2. The lowest BCUT2D eigenvalue weighted by Gasteiger charge is -2.24. The molecule has 0 aromatic rings. The van der Waals surface area contributed by atoms with E-state index in [4.69, 9.17) is 5.11 Å². The number of alkyl halides is 3. The monoisotopic (exact) mass is 366 g/mol. The fourth-order valence-corrected chi connectivity index (χ4v) is 2.62. The summed E-state index contributed by atoms with van der Waals surface area (Å²) in [6.07, 6.45) is 10.3. The molecular formula is C19H33F3O3. The number of aliphatic carboxylic acids is 1. The third-order valence-electron chi connectivity index (χ3n) is 4.38. The summed E-state index contributed by atoms with van der Waals surface area (Å²) in [5.41, 5.74) is -3.69. The molecule has 2 N–H and O–H groups in total. The van der Waals surface area contributed by atoms with Gasteiger partial charge in [0, 0.05) is 6.42 Å². The maximum Gasteiger partial charge on any atom is 0.428 e. The SMILES string of the molecule is CCCCCCCCCCCCCC=CCC(O)(C(=O)O)C(F)(F)F. The highest BCUT2D eigenvalue weighted by Gasteiger charge is 2.59. The topological polar surface area (TPSA) is 57.5 Å². The molecule has 0 aromatic carbocycles. The molecule has 0 aliphatic rings. The van der Waals surface area contributed by atoms with Crippen molar-refractivity contribution >= 4 is 5.97 Å². The predicted octanol–water partition coefficient (Wildman–Crippen LogP) is 6.01. The van der Waals surface area contributed by atoms with Crippen LogP contribution in [0.4, 0.5) is 13.2 Å². The van der Waals surface area contributed by atoms with E-state index in [1.54, 1.807) is 0 Å². The van der Waals surface area contributed by atoms with Gasteiger partial charge in [0.05, 0.1) is 0 Å². The van der Waals surface area contributed by atoms with Gasteiger partial charge < -0.3 is 10.2 Å². The fraction of sp³-hybridized carbons (Fsp3) is 0.842. The van der Waals surface area contributed by atoms with Gasteiger partial charge in [-0.15, -0.1) is 0 Å². The van der Waals surface area contributed by atoms with Crippen LogP contribution in [0.2, 0.25) is 0 Å². The quantitative estimate of drug-likeness (QED) is 0.275. The van der Waals surface area contributed by atoms with E-state index in [-0.39, 0.29) is 0 Å². The van der Waals surface area contributed by atoms with Crippen molar-refractivity contribution in [2.45, 2.75) is 102 Å². The molecule has 6 heteroatoms. The second kappa shape index (κ2) is 13.2. The van der Waals surface area contributed by atoms with E-state index in [0.29, 0.717) is 6.42 Å². The van der Waals surface area contributed by atoms with Gasteiger partial charge in [-0.2, -0.15) is 13.2 Å². The van der Waals surface area contributed by atoms with Crippen molar-refractivity contribution in [2.24, 2.45) is 0 Å². The molecule has 0 rings (SSSR count). The van der Waals surface area contributed by atoms with Crippen molar-refractivity contribution in [2.75, 3.05) is 0 Å². The second-order valence-electron chi connectivity index (χ2n) is 6.66. The van der Waals surface area contributed by atoms with Crippen molar-refractivity contribution in [1.82, 2.24) is 0 Å². The van der Waals surface area contributed by atoms with E-state index in [0.717, 1.165) is 25.3 Å². The number of carboxylic acids is 1. The highest BCUT2D eigenvalue weighted by molar-refractivity contribution is 5.78. The number of allylic oxidation sites excluding steroid dienone is 1. The zero-order valence-corrected chi connectivity index (χ0v) is 15.3. The molecule has 0 spiro atoms. The first-order chi connectivity index (χ1) is 11.8. The van der Waals surface area contributed by atoms with E-state index in [1.807, 2.05) is 0 Å². The summed E-state index contributed by atoms with van der Waals surface area (Å²) < 4.78 is 37.7. The molecular weight excluding hydrogens is 333 g/mol. The molecule has 0 saturated carbocycles. The summed E-state index contributed by atoms with van der Waals surface area (Å²) in [5, 5.41) is 17.8. The van der Waals surface area contributed by atoms with Gasteiger partial charge in [0.2, 0.25) is 0 Å². The normalized spacial score (nSPS) is 14.8. The molecule has 0 aliphatic heterocycles. The first kappa shape index (κ1) is 24.0. The van der Waals surface area contributed by atoms with Crippen molar-refractivity contribution < 1.29 is 28.2 Å². The van der Waals surface area contributed by atoms with E-state index < -0.39 is 24.2 Å². The standard InChI is InChI=1S/C19H33F3O3/c1-2-3-4-5-6-7-8-9-10-11-12-13-14-15-16-18(25,17(23)24)19(20,21)22/h14-15,25H,2-13,16H2,1H3,(H,23,24). The van der Waals surface area contributed by atoms with E-state index in [1.165, 1.54) is 57.4 Å². The summed E-state index contributed by atoms with van der Waals surface area (Å²) in [6, 6.07) is 0. The van der Waals surface area contributed by atoms with Crippen LogP contribution in [0, 0.1) is 0 Å². The molecule has 0 fully saturated rings. The number of carboxylic acid groups (broad SMARTS) is 1. The molecule has 0 radical (unpaired) electrons. The average Bonchev–Trinajstić information content (AvgIpc) is 2.53. The molecule has 1 atom stereocenters. The van der Waals surface area contributed by atoms with Crippen molar-refractivity contribution in [1.29, 1.82) is 0 Å². The lowest BCUT2D eigenvalue weighted by atomic mass is 9.98. The minimum Gasteiger partial charge on any atom is -0.479 e. The highest BCUT2D eigenvalue weighted by Crippen LogP contribution is 2.33. The molecule has 1 unspecified atom stereocenters. The van der Waals surface area contributed by atoms with Crippen LogP contribution in [0.5, 0.6) is 0 Å². The Balaban J connectivity index is 3.65. The summed E-state index contributed by atoms with van der Waals surface area (Å²) in [7, 11) is 0. The number of rotatable bonds is 15. The van der Waals surface area contributed by atoms with Gasteiger partial charge in [-0.3, -0.25) is 0 Å². The van der Waals surface area contributed by atoms with Crippen molar-refractivity contribution in [3.8, 4) is 0 Å². The van der Waals surface area contributed by atoms with Gasteiger partial charge in [0.1, 0.15) is 0 Å². The molecule has 148 valence electrons. The van der Waals surface area contributed by atoms with Crippen LogP contribution in [-0.4, -0.2) is 28.0 Å². The van der Waals surface area contributed by atoms with Crippen LogP contribution in [-0.2, 0) is 4.79 Å². The van der Waals surface area contributed by atoms with E-state index >= 15 is 0 Å². The Labute approximate surface area is 149 Å². The Morgan fingerprint density at radius 3 is 1.68 bits per heavy atom. The first-order valence-electron chi connectivity index (χ1n) is 9.43. The van der Waals surface area contributed by atoms with Crippen LogP contribution in [0.3, 0.4) is 0 Å². The summed E-state index contributed by atoms with van der Waals surface area (Å²) in [6.45, 7) is 2.21. The van der Waals surface area contributed by atoms with E-state index in [2.05, 4.69) is 6.92 Å². The van der Waals surface area contributed by atoms with Crippen molar-refractivity contribution in [3.05, 3.63) is 12.2 Å². The molecule has 0 heterocycles. The smallest absolute Gasteiger partial charge is 0.428 e. The third-order valence-corrected chi connectivity index (χ3v) is 4.38. The Hall–Kier alpha value is -1.04. The van der Waals surface area contributed by atoms with Gasteiger partial charge in [0.25, 0.3) is 5.60 Å². The molecule has 25 heavy (non-hydrogen) atoms. The minimum absolute atomic E-state index is 0.602. The van der Waals surface area contributed by atoms with Gasteiger partial charge in [0.15, 0.2) is 0 Å². The van der Waals surface area contributed by atoms with E-state index in [9.17, 15) is 23.1 Å². The van der Waals surface area contributed by atoms with Gasteiger partial charge in [-0.25, -0.2) is 4.79 Å². The van der Waals surface area contributed by atoms with Gasteiger partial charge >= 0.3 is 12.1 Å². The minimum atomic E-state index is -5.18. The molecule has 0 amide bonds. The molecule has 0 aromatic heterocycles. The summed E-state index contributed by atoms with van der Waals surface area (Å²) in [4.78, 5) is 10.6. The fourth-order valence-electron chi connectivity index (χ4n) is 2.62.